The standard InChI is InChI=1S/C15H14ClFN2O2/c1-2-14(10-4-3-5-12(8-10)19(20)21)18-15-7-6-11(16)9-13(15)17/h3-9,14,18H,2H2,1H3. The highest BCUT2D eigenvalue weighted by atomic mass is 35.5. The highest BCUT2D eigenvalue weighted by molar-refractivity contribution is 6.30. The number of rotatable bonds is 5. The molecule has 6 heteroatoms. The molecule has 0 saturated carbocycles. The summed E-state index contributed by atoms with van der Waals surface area (Å²) in [5, 5.41) is 14.2. The summed E-state index contributed by atoms with van der Waals surface area (Å²) in [5.41, 5.74) is 1.07. The smallest absolute Gasteiger partial charge is 0.269 e. The van der Waals surface area contributed by atoms with Crippen LogP contribution in [-0.2, 0) is 0 Å². The number of non-ortho nitro benzene ring substituents is 1. The molecule has 0 heterocycles. The van der Waals surface area contributed by atoms with Crippen LogP contribution < -0.4 is 5.32 Å². The van der Waals surface area contributed by atoms with Crippen LogP contribution in [-0.4, -0.2) is 4.92 Å². The molecule has 2 rings (SSSR count). The van der Waals surface area contributed by atoms with Gasteiger partial charge in [0.2, 0.25) is 0 Å². The van der Waals surface area contributed by atoms with Crippen LogP contribution in [0.1, 0.15) is 24.9 Å². The lowest BCUT2D eigenvalue weighted by molar-refractivity contribution is -0.384. The topological polar surface area (TPSA) is 55.2 Å². The molecule has 0 saturated heterocycles. The Morgan fingerprint density at radius 1 is 1.33 bits per heavy atom. The minimum atomic E-state index is -0.452. The zero-order chi connectivity index (χ0) is 15.4. The zero-order valence-corrected chi connectivity index (χ0v) is 12.1. The molecule has 2 aromatic carbocycles. The summed E-state index contributed by atoms with van der Waals surface area (Å²) in [5.74, 6) is -0.452. The quantitative estimate of drug-likeness (QED) is 0.628. The van der Waals surface area contributed by atoms with E-state index in [4.69, 9.17) is 11.6 Å². The fourth-order valence-corrected chi connectivity index (χ4v) is 2.23. The van der Waals surface area contributed by atoms with Crippen molar-refractivity contribution < 1.29 is 9.31 Å². The largest absolute Gasteiger partial charge is 0.376 e. The van der Waals surface area contributed by atoms with E-state index in [-0.39, 0.29) is 11.7 Å². The van der Waals surface area contributed by atoms with Crippen LogP contribution >= 0.6 is 11.6 Å². The Morgan fingerprint density at radius 3 is 2.71 bits per heavy atom. The summed E-state index contributed by atoms with van der Waals surface area (Å²) >= 11 is 5.72. The first kappa shape index (κ1) is 15.3. The average Bonchev–Trinajstić information content (AvgIpc) is 2.46. The van der Waals surface area contributed by atoms with Gasteiger partial charge in [0, 0.05) is 17.2 Å². The lowest BCUT2D eigenvalue weighted by Gasteiger charge is -2.19. The number of hydrogen-bond donors (Lipinski definition) is 1. The van der Waals surface area contributed by atoms with E-state index in [0.29, 0.717) is 17.1 Å². The first-order valence-corrected chi connectivity index (χ1v) is 6.85. The molecule has 0 spiro atoms. The summed E-state index contributed by atoms with van der Waals surface area (Å²) in [7, 11) is 0. The van der Waals surface area contributed by atoms with E-state index in [2.05, 4.69) is 5.32 Å². The average molecular weight is 309 g/mol. The van der Waals surface area contributed by atoms with Crippen molar-refractivity contribution in [2.75, 3.05) is 5.32 Å². The van der Waals surface area contributed by atoms with Gasteiger partial charge in [-0.3, -0.25) is 10.1 Å². The van der Waals surface area contributed by atoms with Gasteiger partial charge in [0.15, 0.2) is 0 Å². The van der Waals surface area contributed by atoms with Gasteiger partial charge in [0.1, 0.15) is 5.82 Å². The van der Waals surface area contributed by atoms with Gasteiger partial charge >= 0.3 is 0 Å². The number of nitrogens with zero attached hydrogens (tertiary/aromatic N) is 1. The van der Waals surface area contributed by atoms with Gasteiger partial charge in [-0.1, -0.05) is 30.7 Å². The SMILES string of the molecule is CCC(Nc1ccc(Cl)cc1F)c1cccc([N+](=O)[O-])c1. The third kappa shape index (κ3) is 3.70. The molecule has 0 fully saturated rings. The molecule has 0 aliphatic carbocycles. The fourth-order valence-electron chi connectivity index (χ4n) is 2.07. The molecule has 0 aromatic heterocycles. The Kier molecular flexibility index (Phi) is 4.75. The van der Waals surface area contributed by atoms with Gasteiger partial charge in [-0.2, -0.15) is 0 Å². The predicted molar refractivity (Wildman–Crippen MR) is 81.2 cm³/mol. The van der Waals surface area contributed by atoms with Crippen LogP contribution in [0.5, 0.6) is 0 Å². The molecule has 4 nitrogen and oxygen atoms in total. The molecule has 0 radical (unpaired) electrons. The van der Waals surface area contributed by atoms with E-state index in [9.17, 15) is 14.5 Å². The van der Waals surface area contributed by atoms with Crippen molar-refractivity contribution >= 4 is 23.0 Å². The predicted octanol–water partition coefficient (Wildman–Crippen LogP) is 4.95. The van der Waals surface area contributed by atoms with Crippen molar-refractivity contribution in [2.45, 2.75) is 19.4 Å². The molecule has 1 N–H and O–H groups in total. The molecule has 1 unspecified atom stereocenters. The molecule has 1 atom stereocenters. The summed E-state index contributed by atoms with van der Waals surface area (Å²) in [4.78, 5) is 10.4. The van der Waals surface area contributed by atoms with E-state index in [1.807, 2.05) is 6.92 Å². The van der Waals surface area contributed by atoms with Crippen molar-refractivity contribution in [1.82, 2.24) is 0 Å². The third-order valence-corrected chi connectivity index (χ3v) is 3.39. The van der Waals surface area contributed by atoms with Crippen molar-refractivity contribution in [3.05, 3.63) is 69.0 Å². The lowest BCUT2D eigenvalue weighted by atomic mass is 10.0. The normalized spacial score (nSPS) is 12.0. The van der Waals surface area contributed by atoms with Gasteiger partial charge in [0.05, 0.1) is 16.7 Å². The van der Waals surface area contributed by atoms with Gasteiger partial charge in [-0.25, -0.2) is 4.39 Å². The zero-order valence-electron chi connectivity index (χ0n) is 11.3. The Bertz CT molecular complexity index is 664. The van der Waals surface area contributed by atoms with Crippen LogP contribution in [0.2, 0.25) is 5.02 Å². The number of anilines is 1. The van der Waals surface area contributed by atoms with E-state index >= 15 is 0 Å². The van der Waals surface area contributed by atoms with E-state index in [0.717, 1.165) is 5.56 Å². The van der Waals surface area contributed by atoms with E-state index in [1.54, 1.807) is 24.3 Å². The Morgan fingerprint density at radius 2 is 2.10 bits per heavy atom. The molecular formula is C15H14ClFN2O2. The number of nitro groups is 1. The number of hydrogen-bond acceptors (Lipinski definition) is 3. The second-order valence-corrected chi connectivity index (χ2v) is 5.02. The van der Waals surface area contributed by atoms with Crippen LogP contribution in [0, 0.1) is 15.9 Å². The Balaban J connectivity index is 2.27. The number of nitro benzene ring substituents is 1. The summed E-state index contributed by atoms with van der Waals surface area (Å²) in [6.45, 7) is 1.92. The maximum Gasteiger partial charge on any atom is 0.269 e. The molecule has 21 heavy (non-hydrogen) atoms. The number of halogens is 2. The Hall–Kier alpha value is -2.14. The van der Waals surface area contributed by atoms with Crippen LogP contribution in [0.25, 0.3) is 0 Å². The number of nitrogens with one attached hydrogen (secondary N) is 1. The maximum atomic E-state index is 13.8. The van der Waals surface area contributed by atoms with Gasteiger partial charge < -0.3 is 5.32 Å². The van der Waals surface area contributed by atoms with Crippen LogP contribution in [0.15, 0.2) is 42.5 Å². The van der Waals surface area contributed by atoms with Crippen LogP contribution in [0.4, 0.5) is 15.8 Å². The van der Waals surface area contributed by atoms with Crippen LogP contribution in [0.3, 0.4) is 0 Å². The molecule has 0 amide bonds. The van der Waals surface area contributed by atoms with E-state index in [1.165, 1.54) is 18.2 Å². The molecule has 0 aliphatic rings. The van der Waals surface area contributed by atoms with Crippen molar-refractivity contribution in [3.63, 3.8) is 0 Å². The fraction of sp³-hybridized carbons (Fsp3) is 0.200. The molecule has 2 aromatic rings. The Labute approximate surface area is 126 Å². The monoisotopic (exact) mass is 308 g/mol. The highest BCUT2D eigenvalue weighted by Crippen LogP contribution is 2.27. The molecule has 0 bridgehead atoms. The molecule has 110 valence electrons. The summed E-state index contributed by atoms with van der Waals surface area (Å²) in [6, 6.07) is 10.5. The highest BCUT2D eigenvalue weighted by Gasteiger charge is 2.15. The van der Waals surface area contributed by atoms with Crippen molar-refractivity contribution in [1.29, 1.82) is 0 Å². The molecular weight excluding hydrogens is 295 g/mol. The number of benzene rings is 2. The third-order valence-electron chi connectivity index (χ3n) is 3.15. The van der Waals surface area contributed by atoms with Crippen molar-refractivity contribution in [3.8, 4) is 0 Å². The van der Waals surface area contributed by atoms with E-state index < -0.39 is 10.7 Å². The summed E-state index contributed by atoms with van der Waals surface area (Å²) < 4.78 is 13.8. The summed E-state index contributed by atoms with van der Waals surface area (Å²) in [6.07, 6.45) is 0.656. The molecule has 0 aliphatic heterocycles. The second-order valence-electron chi connectivity index (χ2n) is 4.58. The maximum absolute atomic E-state index is 13.8. The van der Waals surface area contributed by atoms with Gasteiger partial charge in [-0.15, -0.1) is 0 Å². The second kappa shape index (κ2) is 6.54. The van der Waals surface area contributed by atoms with Crippen molar-refractivity contribution in [2.24, 2.45) is 0 Å². The minimum absolute atomic E-state index is 0.0179. The first-order chi connectivity index (χ1) is 10.0. The minimum Gasteiger partial charge on any atom is -0.376 e. The van der Waals surface area contributed by atoms with Gasteiger partial charge in [-0.05, 0) is 30.2 Å². The lowest BCUT2D eigenvalue weighted by Crippen LogP contribution is -2.11. The van der Waals surface area contributed by atoms with Gasteiger partial charge in [0.25, 0.3) is 5.69 Å². The first-order valence-electron chi connectivity index (χ1n) is 6.47.